The minimum atomic E-state index is -0.473. The predicted octanol–water partition coefficient (Wildman–Crippen LogP) is 2.58. The summed E-state index contributed by atoms with van der Waals surface area (Å²) in [5.41, 5.74) is 0.875. The third-order valence-corrected chi connectivity index (χ3v) is 3.05. The quantitative estimate of drug-likeness (QED) is 0.502. The average Bonchev–Trinajstić information content (AvgIpc) is 2.55. The number of carbonyl (C=O) groups excluding carboxylic acids is 1. The summed E-state index contributed by atoms with van der Waals surface area (Å²) in [6, 6.07) is 6.06. The second kappa shape index (κ2) is 7.26. The fourth-order valence-corrected chi connectivity index (χ4v) is 1.83. The molecule has 0 spiro atoms. The number of nitrogens with one attached hydrogen (secondary N) is 1. The summed E-state index contributed by atoms with van der Waals surface area (Å²) in [7, 11) is 0. The van der Waals surface area contributed by atoms with Crippen LogP contribution in [-0.4, -0.2) is 27.3 Å². The van der Waals surface area contributed by atoms with E-state index in [1.54, 1.807) is 12.1 Å². The van der Waals surface area contributed by atoms with Crippen LogP contribution in [0.4, 0.5) is 5.69 Å². The number of nitro groups is 1. The van der Waals surface area contributed by atoms with E-state index in [9.17, 15) is 14.9 Å². The van der Waals surface area contributed by atoms with Gasteiger partial charge in [-0.1, -0.05) is 25.5 Å². The highest BCUT2D eigenvalue weighted by atomic mass is 16.6. The van der Waals surface area contributed by atoms with Crippen LogP contribution in [-0.2, 0) is 0 Å². The number of amides is 1. The Kier molecular flexibility index (Phi) is 5.13. The summed E-state index contributed by atoms with van der Waals surface area (Å²) in [6.45, 7) is 2.66. The molecule has 0 fully saturated rings. The number of aromatic nitrogens is 2. The fourth-order valence-electron chi connectivity index (χ4n) is 1.83. The number of unbranched alkanes of at least 4 members (excludes halogenated alkanes) is 1. The molecule has 0 aliphatic carbocycles. The first kappa shape index (κ1) is 15.6. The molecule has 1 heterocycles. The molecule has 0 atom stereocenters. The number of hydrogen-bond donors (Lipinski definition) is 1. The Balaban J connectivity index is 2.13. The molecule has 22 heavy (non-hydrogen) atoms. The maximum Gasteiger partial charge on any atom is 0.270 e. The highest BCUT2D eigenvalue weighted by Crippen LogP contribution is 2.20. The van der Waals surface area contributed by atoms with Crippen LogP contribution in [0.25, 0.3) is 11.4 Å². The number of non-ortho nitro benzene ring substituents is 1. The van der Waals surface area contributed by atoms with E-state index in [4.69, 9.17) is 0 Å². The number of nitrogens with zero attached hydrogens (tertiary/aromatic N) is 3. The van der Waals surface area contributed by atoms with Gasteiger partial charge in [0.25, 0.3) is 11.6 Å². The standard InChI is InChI=1S/C15H16N4O3/c1-2-3-7-16-15(20)12-9-17-14(18-10-12)11-5-4-6-13(8-11)19(21)22/h4-6,8-10H,2-3,7H2,1H3,(H,16,20). The molecule has 0 saturated carbocycles. The molecule has 0 aliphatic rings. The number of rotatable bonds is 6. The lowest BCUT2D eigenvalue weighted by Gasteiger charge is -2.04. The Morgan fingerprint density at radius 2 is 2.05 bits per heavy atom. The van der Waals surface area contributed by atoms with Crippen molar-refractivity contribution >= 4 is 11.6 Å². The van der Waals surface area contributed by atoms with E-state index in [1.807, 2.05) is 6.92 Å². The zero-order valence-electron chi connectivity index (χ0n) is 12.2. The van der Waals surface area contributed by atoms with Crippen molar-refractivity contribution in [3.63, 3.8) is 0 Å². The number of carbonyl (C=O) groups is 1. The van der Waals surface area contributed by atoms with Crippen molar-refractivity contribution in [2.75, 3.05) is 6.54 Å². The fraction of sp³-hybridized carbons (Fsp3) is 0.267. The maximum absolute atomic E-state index is 11.8. The van der Waals surface area contributed by atoms with E-state index in [2.05, 4.69) is 15.3 Å². The molecule has 1 amide bonds. The van der Waals surface area contributed by atoms with Crippen LogP contribution in [0.3, 0.4) is 0 Å². The van der Waals surface area contributed by atoms with Gasteiger partial charge in [-0.25, -0.2) is 9.97 Å². The molecular weight excluding hydrogens is 284 g/mol. The Labute approximate surface area is 127 Å². The van der Waals surface area contributed by atoms with Crippen LogP contribution < -0.4 is 5.32 Å². The first-order valence-corrected chi connectivity index (χ1v) is 6.97. The summed E-state index contributed by atoms with van der Waals surface area (Å²) in [5, 5.41) is 13.5. The minimum Gasteiger partial charge on any atom is -0.352 e. The van der Waals surface area contributed by atoms with Gasteiger partial charge in [-0.3, -0.25) is 14.9 Å². The molecule has 2 aromatic rings. The average molecular weight is 300 g/mol. The smallest absolute Gasteiger partial charge is 0.270 e. The minimum absolute atomic E-state index is 0.0255. The van der Waals surface area contributed by atoms with Crippen LogP contribution in [0.15, 0.2) is 36.7 Å². The number of nitro benzene ring substituents is 1. The first-order chi connectivity index (χ1) is 10.6. The Morgan fingerprint density at radius 1 is 1.32 bits per heavy atom. The van der Waals surface area contributed by atoms with Gasteiger partial charge in [0.1, 0.15) is 0 Å². The zero-order valence-corrected chi connectivity index (χ0v) is 12.2. The maximum atomic E-state index is 11.8. The van der Waals surface area contributed by atoms with E-state index < -0.39 is 4.92 Å². The molecule has 114 valence electrons. The third-order valence-electron chi connectivity index (χ3n) is 3.05. The van der Waals surface area contributed by atoms with Gasteiger partial charge < -0.3 is 5.32 Å². The molecule has 0 saturated heterocycles. The summed E-state index contributed by atoms with van der Waals surface area (Å²) in [4.78, 5) is 30.3. The van der Waals surface area contributed by atoms with Crippen molar-refractivity contribution in [2.24, 2.45) is 0 Å². The lowest BCUT2D eigenvalue weighted by molar-refractivity contribution is -0.384. The molecule has 1 aromatic carbocycles. The van der Waals surface area contributed by atoms with Crippen LogP contribution in [0, 0.1) is 10.1 Å². The normalized spacial score (nSPS) is 10.2. The van der Waals surface area contributed by atoms with Crippen molar-refractivity contribution in [1.29, 1.82) is 0 Å². The van der Waals surface area contributed by atoms with Gasteiger partial charge in [-0.2, -0.15) is 0 Å². The van der Waals surface area contributed by atoms with E-state index >= 15 is 0 Å². The summed E-state index contributed by atoms with van der Waals surface area (Å²) in [5.74, 6) is 0.118. The van der Waals surface area contributed by atoms with E-state index in [1.165, 1.54) is 24.5 Å². The van der Waals surface area contributed by atoms with Gasteiger partial charge in [-0.05, 0) is 6.42 Å². The van der Waals surface area contributed by atoms with Crippen LogP contribution in [0.1, 0.15) is 30.1 Å². The third kappa shape index (κ3) is 3.85. The molecule has 0 bridgehead atoms. The second-order valence-corrected chi connectivity index (χ2v) is 4.71. The lowest BCUT2D eigenvalue weighted by atomic mass is 10.2. The SMILES string of the molecule is CCCCNC(=O)c1cnc(-c2cccc([N+](=O)[O-])c2)nc1. The molecule has 1 aromatic heterocycles. The highest BCUT2D eigenvalue weighted by molar-refractivity contribution is 5.93. The van der Waals surface area contributed by atoms with Gasteiger partial charge in [0.05, 0.1) is 10.5 Å². The summed E-state index contributed by atoms with van der Waals surface area (Å²) in [6.07, 6.45) is 4.76. The molecule has 7 nitrogen and oxygen atoms in total. The molecule has 0 aliphatic heterocycles. The first-order valence-electron chi connectivity index (χ1n) is 6.97. The van der Waals surface area contributed by atoms with Crippen molar-refractivity contribution in [2.45, 2.75) is 19.8 Å². The topological polar surface area (TPSA) is 98.0 Å². The van der Waals surface area contributed by atoms with E-state index in [-0.39, 0.29) is 11.6 Å². The second-order valence-electron chi connectivity index (χ2n) is 4.71. The Morgan fingerprint density at radius 3 is 2.68 bits per heavy atom. The van der Waals surface area contributed by atoms with Crippen molar-refractivity contribution in [1.82, 2.24) is 15.3 Å². The Bertz CT molecular complexity index is 671. The van der Waals surface area contributed by atoms with Gasteiger partial charge in [0.15, 0.2) is 5.82 Å². The van der Waals surface area contributed by atoms with Gasteiger partial charge >= 0.3 is 0 Å². The summed E-state index contributed by atoms with van der Waals surface area (Å²) < 4.78 is 0. The largest absolute Gasteiger partial charge is 0.352 e. The molecular formula is C15H16N4O3. The monoisotopic (exact) mass is 300 g/mol. The van der Waals surface area contributed by atoms with Crippen molar-refractivity contribution in [3.8, 4) is 11.4 Å². The zero-order chi connectivity index (χ0) is 15.9. The molecule has 1 N–H and O–H groups in total. The molecule has 0 radical (unpaired) electrons. The Hall–Kier alpha value is -2.83. The summed E-state index contributed by atoms with van der Waals surface area (Å²) >= 11 is 0. The van der Waals surface area contributed by atoms with Gasteiger partial charge in [0.2, 0.25) is 0 Å². The number of hydrogen-bond acceptors (Lipinski definition) is 5. The lowest BCUT2D eigenvalue weighted by Crippen LogP contribution is -2.24. The predicted molar refractivity (Wildman–Crippen MR) is 81.4 cm³/mol. The van der Waals surface area contributed by atoms with E-state index in [0.29, 0.717) is 23.5 Å². The highest BCUT2D eigenvalue weighted by Gasteiger charge is 2.10. The molecule has 2 rings (SSSR count). The van der Waals surface area contributed by atoms with Crippen LogP contribution in [0.5, 0.6) is 0 Å². The van der Waals surface area contributed by atoms with Gasteiger partial charge in [0, 0.05) is 36.6 Å². The van der Waals surface area contributed by atoms with Crippen molar-refractivity contribution < 1.29 is 9.72 Å². The van der Waals surface area contributed by atoms with Gasteiger partial charge in [-0.15, -0.1) is 0 Å². The molecule has 0 unspecified atom stereocenters. The van der Waals surface area contributed by atoms with E-state index in [0.717, 1.165) is 12.8 Å². The van der Waals surface area contributed by atoms with Crippen LogP contribution in [0.2, 0.25) is 0 Å². The van der Waals surface area contributed by atoms with Crippen molar-refractivity contribution in [3.05, 3.63) is 52.3 Å². The van der Waals surface area contributed by atoms with Crippen LogP contribution >= 0.6 is 0 Å². The number of benzene rings is 1. The molecule has 7 heteroatoms.